The van der Waals surface area contributed by atoms with E-state index in [-0.39, 0.29) is 0 Å². The minimum atomic E-state index is -1.77. The van der Waals surface area contributed by atoms with Crippen LogP contribution in [0.5, 0.6) is 0 Å². The molecule has 0 atom stereocenters. The van der Waals surface area contributed by atoms with E-state index in [4.69, 9.17) is 0 Å². The summed E-state index contributed by atoms with van der Waals surface area (Å²) in [6.45, 7) is 2.19. The summed E-state index contributed by atoms with van der Waals surface area (Å²) in [6.07, 6.45) is 5.69. The summed E-state index contributed by atoms with van der Waals surface area (Å²) in [7, 11) is 0. The van der Waals surface area contributed by atoms with Crippen molar-refractivity contribution in [1.82, 2.24) is 9.97 Å². The van der Waals surface area contributed by atoms with E-state index in [0.717, 1.165) is 11.3 Å². The van der Waals surface area contributed by atoms with Crippen LogP contribution in [0.2, 0.25) is 17.3 Å². The Morgan fingerprint density at radius 2 is 1.71 bits per heavy atom. The fraction of sp³-hybridized carbons (Fsp3) is 0.286. The molecule has 0 saturated carbocycles. The van der Waals surface area contributed by atoms with E-state index in [1.165, 1.54) is 9.96 Å². The van der Waals surface area contributed by atoms with Crippen molar-refractivity contribution >= 4 is 17.7 Å². The van der Waals surface area contributed by atoms with Crippen molar-refractivity contribution in [3.05, 3.63) is 42.4 Å². The molecule has 0 aliphatic carbocycles. The average Bonchev–Trinajstić information content (AvgIpc) is 2.28. The third kappa shape index (κ3) is 2.75. The van der Waals surface area contributed by atoms with Gasteiger partial charge in [0.2, 0.25) is 0 Å². The van der Waals surface area contributed by atoms with Gasteiger partial charge in [0.1, 0.15) is 0 Å². The van der Waals surface area contributed by atoms with Crippen molar-refractivity contribution in [2.24, 2.45) is 0 Å². The molecular formula is C14H18GeN2. The zero-order valence-electron chi connectivity index (χ0n) is 10.9. The molecule has 88 valence electrons. The Morgan fingerprint density at radius 1 is 1.06 bits per heavy atom. The molecule has 2 aromatic rings. The maximum absolute atomic E-state index is 4.60. The van der Waals surface area contributed by atoms with Gasteiger partial charge in [0, 0.05) is 0 Å². The Kier molecular flexibility index (Phi) is 3.34. The number of nitrogens with zero attached hydrogens (tertiary/aromatic N) is 2. The third-order valence-electron chi connectivity index (χ3n) is 2.89. The van der Waals surface area contributed by atoms with Gasteiger partial charge in [0.15, 0.2) is 0 Å². The van der Waals surface area contributed by atoms with Crippen LogP contribution in [-0.4, -0.2) is 23.2 Å². The summed E-state index contributed by atoms with van der Waals surface area (Å²) in [6, 6.07) is 6.20. The second kappa shape index (κ2) is 4.61. The normalized spacial score (nSPS) is 11.5. The number of pyridine rings is 2. The molecule has 0 spiro atoms. The molecule has 2 nitrogen and oxygen atoms in total. The van der Waals surface area contributed by atoms with Crippen LogP contribution in [0, 0.1) is 6.92 Å². The molecule has 0 unspecified atom stereocenters. The summed E-state index contributed by atoms with van der Waals surface area (Å²) in [5.74, 6) is 7.20. The summed E-state index contributed by atoms with van der Waals surface area (Å²) >= 11 is -1.77. The fourth-order valence-corrected chi connectivity index (χ4v) is 5.60. The van der Waals surface area contributed by atoms with Crippen LogP contribution in [0.25, 0.3) is 11.3 Å². The van der Waals surface area contributed by atoms with E-state index in [1.54, 1.807) is 0 Å². The van der Waals surface area contributed by atoms with Crippen LogP contribution in [0.15, 0.2) is 36.8 Å². The topological polar surface area (TPSA) is 25.8 Å². The summed E-state index contributed by atoms with van der Waals surface area (Å²) in [4.78, 5) is 8.63. The Labute approximate surface area is 105 Å². The molecule has 0 saturated heterocycles. The van der Waals surface area contributed by atoms with Gasteiger partial charge in [-0.3, -0.25) is 0 Å². The van der Waals surface area contributed by atoms with Crippen molar-refractivity contribution in [2.45, 2.75) is 24.2 Å². The van der Waals surface area contributed by atoms with E-state index < -0.39 is 13.3 Å². The summed E-state index contributed by atoms with van der Waals surface area (Å²) < 4.78 is 1.49. The second-order valence-electron chi connectivity index (χ2n) is 5.37. The molecule has 0 amide bonds. The zero-order chi connectivity index (χ0) is 12.5. The first-order valence-electron chi connectivity index (χ1n) is 5.86. The predicted octanol–water partition coefficient (Wildman–Crippen LogP) is 3.00. The van der Waals surface area contributed by atoms with Crippen molar-refractivity contribution in [3.8, 4) is 11.3 Å². The van der Waals surface area contributed by atoms with Crippen molar-refractivity contribution < 1.29 is 0 Å². The Bertz CT molecular complexity index is 515. The number of hydrogen-bond acceptors (Lipinski definition) is 2. The number of aryl methyl sites for hydroxylation is 1. The Hall–Kier alpha value is -1.16. The van der Waals surface area contributed by atoms with Crippen LogP contribution >= 0.6 is 0 Å². The number of hydrogen-bond donors (Lipinski definition) is 0. The quantitative estimate of drug-likeness (QED) is 0.793. The van der Waals surface area contributed by atoms with Crippen LogP contribution in [-0.2, 0) is 0 Å². The molecule has 0 radical (unpaired) electrons. The summed E-state index contributed by atoms with van der Waals surface area (Å²) in [5.41, 5.74) is 3.55. The van der Waals surface area contributed by atoms with E-state index in [9.17, 15) is 0 Å². The molecule has 0 bridgehead atoms. The van der Waals surface area contributed by atoms with Crippen molar-refractivity contribution in [1.29, 1.82) is 0 Å². The van der Waals surface area contributed by atoms with E-state index >= 15 is 0 Å². The number of rotatable bonds is 2. The molecule has 0 aliphatic rings. The first-order chi connectivity index (χ1) is 7.98. The first kappa shape index (κ1) is 12.3. The van der Waals surface area contributed by atoms with Gasteiger partial charge in [-0.05, 0) is 0 Å². The molecule has 0 aromatic carbocycles. The first-order valence-corrected chi connectivity index (χ1v) is 13.2. The van der Waals surface area contributed by atoms with Gasteiger partial charge in [-0.25, -0.2) is 0 Å². The van der Waals surface area contributed by atoms with Gasteiger partial charge in [-0.15, -0.1) is 0 Å². The van der Waals surface area contributed by atoms with Gasteiger partial charge < -0.3 is 0 Å². The van der Waals surface area contributed by atoms with Crippen molar-refractivity contribution in [2.75, 3.05) is 0 Å². The van der Waals surface area contributed by atoms with E-state index in [0.29, 0.717) is 0 Å². The predicted molar refractivity (Wildman–Crippen MR) is 75.2 cm³/mol. The SMILES string of the molecule is Cc1cc(-c2ccncc2)nc[c]1[Ge]([CH3])([CH3])[CH3]. The van der Waals surface area contributed by atoms with Crippen LogP contribution < -0.4 is 4.40 Å². The van der Waals surface area contributed by atoms with Gasteiger partial charge in [0.05, 0.1) is 0 Å². The van der Waals surface area contributed by atoms with Gasteiger partial charge in [-0.2, -0.15) is 0 Å². The van der Waals surface area contributed by atoms with Crippen LogP contribution in [0.3, 0.4) is 0 Å². The Morgan fingerprint density at radius 3 is 2.24 bits per heavy atom. The Balaban J connectivity index is 2.45. The molecule has 2 heterocycles. The molecular weight excluding hydrogens is 269 g/mol. The van der Waals surface area contributed by atoms with Gasteiger partial charge in [-0.1, -0.05) is 0 Å². The average molecular weight is 287 g/mol. The second-order valence-corrected chi connectivity index (χ2v) is 15.9. The third-order valence-corrected chi connectivity index (χ3v) is 7.38. The van der Waals surface area contributed by atoms with E-state index in [2.05, 4.69) is 46.4 Å². The molecule has 0 aliphatic heterocycles. The van der Waals surface area contributed by atoms with Crippen LogP contribution in [0.1, 0.15) is 5.56 Å². The molecule has 0 fully saturated rings. The maximum atomic E-state index is 4.60. The van der Waals surface area contributed by atoms with Gasteiger partial charge in [0.25, 0.3) is 0 Å². The monoisotopic (exact) mass is 288 g/mol. The van der Waals surface area contributed by atoms with Crippen LogP contribution in [0.4, 0.5) is 0 Å². The standard InChI is InChI=1S/C14H18GeN2/c1-11-9-14(12-5-7-16-8-6-12)17-10-13(11)15(2,3)4/h5-10H,1-4H3. The molecule has 17 heavy (non-hydrogen) atoms. The zero-order valence-corrected chi connectivity index (χ0v) is 13.0. The number of aromatic nitrogens is 2. The molecule has 2 aromatic heterocycles. The minimum absolute atomic E-state index is 1.04. The summed E-state index contributed by atoms with van der Waals surface area (Å²) in [5, 5.41) is 0. The van der Waals surface area contributed by atoms with E-state index in [1.807, 2.05) is 24.5 Å². The molecule has 3 heteroatoms. The van der Waals surface area contributed by atoms with Crippen molar-refractivity contribution in [3.63, 3.8) is 0 Å². The molecule has 2 rings (SSSR count). The fourth-order valence-electron chi connectivity index (χ4n) is 2.02. The molecule has 0 N–H and O–H groups in total. The van der Waals surface area contributed by atoms with Gasteiger partial charge >= 0.3 is 105 Å².